The number of hydrogen-bond donors (Lipinski definition) is 1. The third-order valence-electron chi connectivity index (χ3n) is 3.70. The second-order valence-electron chi connectivity index (χ2n) is 4.62. The van der Waals surface area contributed by atoms with Crippen LogP contribution in [0.4, 0.5) is 0 Å². The summed E-state index contributed by atoms with van der Waals surface area (Å²) in [5.74, 6) is 0. The molecule has 0 spiro atoms. The molecule has 0 aromatic heterocycles. The molecule has 17 heavy (non-hydrogen) atoms. The van der Waals surface area contributed by atoms with Crippen LogP contribution < -0.4 is 5.32 Å². The second-order valence-corrected chi connectivity index (χ2v) is 4.62. The molecule has 96 valence electrons. The van der Waals surface area contributed by atoms with E-state index in [0.717, 1.165) is 19.1 Å². The molecule has 4 heteroatoms. The summed E-state index contributed by atoms with van der Waals surface area (Å²) in [7, 11) is 0. The van der Waals surface area contributed by atoms with E-state index < -0.39 is 0 Å². The van der Waals surface area contributed by atoms with Crippen LogP contribution in [0.3, 0.4) is 0 Å². The Morgan fingerprint density at radius 1 is 0.941 bits per heavy atom. The third kappa shape index (κ3) is 3.14. The van der Waals surface area contributed by atoms with Gasteiger partial charge < -0.3 is 5.32 Å². The van der Waals surface area contributed by atoms with Crippen LogP contribution in [0.2, 0.25) is 0 Å². The van der Waals surface area contributed by atoms with Crippen molar-refractivity contribution >= 4 is 24.8 Å². The van der Waals surface area contributed by atoms with Crippen molar-refractivity contribution in [2.45, 2.75) is 18.9 Å². The Balaban J connectivity index is 0.000000722. The third-order valence-corrected chi connectivity index (χ3v) is 3.70. The van der Waals surface area contributed by atoms with Gasteiger partial charge in [0.25, 0.3) is 0 Å². The predicted molar refractivity (Wildman–Crippen MR) is 76.6 cm³/mol. The van der Waals surface area contributed by atoms with E-state index in [1.807, 2.05) is 0 Å². The maximum atomic E-state index is 3.42. The summed E-state index contributed by atoms with van der Waals surface area (Å²) in [4.78, 5) is 2.65. The van der Waals surface area contributed by atoms with Gasteiger partial charge in [-0.2, -0.15) is 0 Å². The number of nitrogens with one attached hydrogen (secondary N) is 1. The van der Waals surface area contributed by atoms with E-state index in [1.54, 1.807) is 11.1 Å². The molecule has 1 aliphatic heterocycles. The molecule has 1 fully saturated rings. The zero-order valence-corrected chi connectivity index (χ0v) is 11.5. The van der Waals surface area contributed by atoms with Crippen LogP contribution in [0, 0.1) is 0 Å². The normalized spacial score (nSPS) is 20.2. The molecule has 0 bridgehead atoms. The Hall–Kier alpha value is -0.280. The molecule has 1 aromatic rings. The van der Waals surface area contributed by atoms with Crippen LogP contribution in [0.15, 0.2) is 24.3 Å². The molecule has 0 saturated carbocycles. The molecule has 1 aliphatic carbocycles. The van der Waals surface area contributed by atoms with Crippen molar-refractivity contribution in [1.82, 2.24) is 10.2 Å². The van der Waals surface area contributed by atoms with E-state index in [2.05, 4.69) is 34.5 Å². The highest BCUT2D eigenvalue weighted by atomic mass is 35.5. The number of rotatable bonds is 1. The zero-order valence-electron chi connectivity index (χ0n) is 9.89. The molecule has 3 rings (SSSR count). The second kappa shape index (κ2) is 6.60. The minimum atomic E-state index is 0. The van der Waals surface area contributed by atoms with Crippen LogP contribution in [0.25, 0.3) is 0 Å². The van der Waals surface area contributed by atoms with Crippen LogP contribution in [0.5, 0.6) is 0 Å². The molecule has 2 nitrogen and oxygen atoms in total. The molecule has 0 radical (unpaired) electrons. The Kier molecular flexibility index (Phi) is 5.74. The molecular formula is C13H20Cl2N2. The first-order chi connectivity index (χ1) is 7.43. The van der Waals surface area contributed by atoms with E-state index in [4.69, 9.17) is 0 Å². The van der Waals surface area contributed by atoms with E-state index in [9.17, 15) is 0 Å². The number of benzene rings is 1. The molecule has 1 heterocycles. The topological polar surface area (TPSA) is 15.3 Å². The maximum absolute atomic E-state index is 3.42. The number of hydrogen-bond acceptors (Lipinski definition) is 2. The van der Waals surface area contributed by atoms with Gasteiger partial charge in [-0.15, -0.1) is 24.8 Å². The van der Waals surface area contributed by atoms with E-state index in [-0.39, 0.29) is 24.8 Å². The Morgan fingerprint density at radius 3 is 2.00 bits per heavy atom. The predicted octanol–water partition coefficient (Wildman–Crippen LogP) is 1.90. The lowest BCUT2D eigenvalue weighted by Gasteiger charge is -2.32. The van der Waals surface area contributed by atoms with Crippen LogP contribution in [-0.2, 0) is 12.8 Å². The van der Waals surface area contributed by atoms with Crippen molar-refractivity contribution in [3.8, 4) is 0 Å². The minimum Gasteiger partial charge on any atom is -0.314 e. The summed E-state index contributed by atoms with van der Waals surface area (Å²) < 4.78 is 0. The summed E-state index contributed by atoms with van der Waals surface area (Å²) in [6, 6.07) is 9.68. The van der Waals surface area contributed by atoms with E-state index in [1.165, 1.54) is 25.9 Å². The van der Waals surface area contributed by atoms with E-state index in [0.29, 0.717) is 0 Å². The molecule has 2 aliphatic rings. The Labute approximate surface area is 116 Å². The zero-order chi connectivity index (χ0) is 10.1. The lowest BCUT2D eigenvalue weighted by atomic mass is 10.1. The number of fused-ring (bicyclic) bond motifs is 1. The maximum Gasteiger partial charge on any atom is 0.0177 e. The average molecular weight is 275 g/mol. The van der Waals surface area contributed by atoms with Crippen molar-refractivity contribution in [2.24, 2.45) is 0 Å². The fourth-order valence-corrected chi connectivity index (χ4v) is 2.84. The highest BCUT2D eigenvalue weighted by molar-refractivity contribution is 5.85. The quantitative estimate of drug-likeness (QED) is 0.842. The first kappa shape index (κ1) is 14.8. The van der Waals surface area contributed by atoms with Gasteiger partial charge in [0.15, 0.2) is 0 Å². The number of halogens is 2. The number of piperazine rings is 1. The Morgan fingerprint density at radius 2 is 1.47 bits per heavy atom. The molecule has 0 atom stereocenters. The van der Waals surface area contributed by atoms with Gasteiger partial charge in [-0.25, -0.2) is 0 Å². The fraction of sp³-hybridized carbons (Fsp3) is 0.538. The van der Waals surface area contributed by atoms with Crippen molar-refractivity contribution < 1.29 is 0 Å². The summed E-state index contributed by atoms with van der Waals surface area (Å²) in [6.07, 6.45) is 2.52. The highest BCUT2D eigenvalue weighted by Gasteiger charge is 2.26. The molecular weight excluding hydrogens is 255 g/mol. The molecule has 1 N–H and O–H groups in total. The SMILES string of the molecule is Cl.Cl.c1ccc2c(c1)CC(N1CCNCC1)C2. The molecule has 1 aromatic carbocycles. The molecule has 0 unspecified atom stereocenters. The van der Waals surface area contributed by atoms with Crippen molar-refractivity contribution in [3.63, 3.8) is 0 Å². The highest BCUT2D eigenvalue weighted by Crippen LogP contribution is 2.25. The first-order valence-electron chi connectivity index (χ1n) is 5.95. The van der Waals surface area contributed by atoms with Crippen LogP contribution in [-0.4, -0.2) is 37.1 Å². The summed E-state index contributed by atoms with van der Waals surface area (Å²) >= 11 is 0. The summed E-state index contributed by atoms with van der Waals surface area (Å²) in [5, 5.41) is 3.42. The van der Waals surface area contributed by atoms with Crippen molar-refractivity contribution in [2.75, 3.05) is 26.2 Å². The average Bonchev–Trinajstić information content (AvgIpc) is 2.74. The van der Waals surface area contributed by atoms with Crippen molar-refractivity contribution in [3.05, 3.63) is 35.4 Å². The van der Waals surface area contributed by atoms with Gasteiger partial charge in [0.2, 0.25) is 0 Å². The lowest BCUT2D eigenvalue weighted by molar-refractivity contribution is 0.178. The van der Waals surface area contributed by atoms with Gasteiger partial charge in [-0.3, -0.25) is 4.90 Å². The van der Waals surface area contributed by atoms with Crippen molar-refractivity contribution in [1.29, 1.82) is 0 Å². The summed E-state index contributed by atoms with van der Waals surface area (Å²) in [5.41, 5.74) is 3.14. The fourth-order valence-electron chi connectivity index (χ4n) is 2.84. The van der Waals surface area contributed by atoms with Crippen LogP contribution >= 0.6 is 24.8 Å². The first-order valence-corrected chi connectivity index (χ1v) is 5.95. The lowest BCUT2D eigenvalue weighted by Crippen LogP contribution is -2.48. The van der Waals surface area contributed by atoms with E-state index >= 15 is 0 Å². The Bertz CT molecular complexity index is 326. The standard InChI is InChI=1S/C13H18N2.2ClH/c1-2-4-12-10-13(9-11(12)3-1)15-7-5-14-6-8-15;;/h1-4,13-14H,5-10H2;2*1H. The monoisotopic (exact) mass is 274 g/mol. The summed E-state index contributed by atoms with van der Waals surface area (Å²) in [6.45, 7) is 4.76. The molecule has 0 amide bonds. The number of nitrogens with zero attached hydrogens (tertiary/aromatic N) is 1. The molecule has 1 saturated heterocycles. The van der Waals surface area contributed by atoms with Gasteiger partial charge in [-0.05, 0) is 24.0 Å². The van der Waals surface area contributed by atoms with Crippen LogP contribution in [0.1, 0.15) is 11.1 Å². The van der Waals surface area contributed by atoms with Gasteiger partial charge in [0.1, 0.15) is 0 Å². The van der Waals surface area contributed by atoms with Gasteiger partial charge >= 0.3 is 0 Å². The minimum absolute atomic E-state index is 0. The van der Waals surface area contributed by atoms with Gasteiger partial charge in [0.05, 0.1) is 0 Å². The van der Waals surface area contributed by atoms with Gasteiger partial charge in [-0.1, -0.05) is 24.3 Å². The smallest absolute Gasteiger partial charge is 0.0177 e. The largest absolute Gasteiger partial charge is 0.314 e. The van der Waals surface area contributed by atoms with Gasteiger partial charge in [0, 0.05) is 32.2 Å².